The number of aryl methyl sites for hydroxylation is 1. The summed E-state index contributed by atoms with van der Waals surface area (Å²) < 4.78 is 23.6. The molecule has 0 spiro atoms. The van der Waals surface area contributed by atoms with Crippen LogP contribution in [0.5, 0.6) is 11.5 Å². The van der Waals surface area contributed by atoms with Crippen LogP contribution in [0.4, 0.5) is 4.39 Å². The van der Waals surface area contributed by atoms with E-state index in [4.69, 9.17) is 9.47 Å². The van der Waals surface area contributed by atoms with E-state index in [2.05, 4.69) is 15.9 Å². The Morgan fingerprint density at radius 3 is 2.19 bits per heavy atom. The van der Waals surface area contributed by atoms with Crippen molar-refractivity contribution in [3.63, 3.8) is 0 Å². The summed E-state index contributed by atoms with van der Waals surface area (Å²) >= 11 is 3.71. The first-order valence-corrected chi connectivity index (χ1v) is 7.57. The second-order valence-corrected chi connectivity index (χ2v) is 5.97. The van der Waals surface area contributed by atoms with Gasteiger partial charge in [-0.25, -0.2) is 4.39 Å². The van der Waals surface area contributed by atoms with Gasteiger partial charge in [-0.1, -0.05) is 28.1 Å². The molecular weight excluding hydrogens is 335 g/mol. The quantitative estimate of drug-likeness (QED) is 0.717. The summed E-state index contributed by atoms with van der Waals surface area (Å²) in [6, 6.07) is 10.5. The Morgan fingerprint density at radius 2 is 1.62 bits per heavy atom. The number of rotatable bonds is 5. The van der Waals surface area contributed by atoms with E-state index in [1.807, 2.05) is 19.1 Å². The van der Waals surface area contributed by atoms with Gasteiger partial charge in [-0.3, -0.25) is 0 Å². The third-order valence-electron chi connectivity index (χ3n) is 3.44. The standard InChI is InChI=1S/C17H18BrFO2/c1-11-8-16(20-2)17(21-3)10-14(11)15(18)9-12-4-6-13(19)7-5-12/h4-8,10,15H,9H2,1-3H3. The Labute approximate surface area is 133 Å². The van der Waals surface area contributed by atoms with Crippen LogP contribution >= 0.6 is 15.9 Å². The van der Waals surface area contributed by atoms with Crippen LogP contribution in [0.3, 0.4) is 0 Å². The van der Waals surface area contributed by atoms with Crippen LogP contribution in [0.1, 0.15) is 21.5 Å². The number of hydrogen-bond donors (Lipinski definition) is 0. The van der Waals surface area contributed by atoms with E-state index in [1.165, 1.54) is 12.1 Å². The molecule has 2 nitrogen and oxygen atoms in total. The summed E-state index contributed by atoms with van der Waals surface area (Å²) in [5.41, 5.74) is 3.33. The molecule has 0 saturated carbocycles. The number of halogens is 2. The SMILES string of the molecule is COc1cc(C)c(C(Br)Cc2ccc(F)cc2)cc1OC. The Balaban J connectivity index is 2.26. The molecule has 2 aromatic carbocycles. The molecule has 1 atom stereocenters. The first-order chi connectivity index (χ1) is 10.0. The Hall–Kier alpha value is -1.55. The van der Waals surface area contributed by atoms with Gasteiger partial charge in [0.05, 0.1) is 14.2 Å². The molecule has 4 heteroatoms. The van der Waals surface area contributed by atoms with Crippen molar-refractivity contribution in [2.24, 2.45) is 0 Å². The van der Waals surface area contributed by atoms with Crippen molar-refractivity contribution < 1.29 is 13.9 Å². The largest absolute Gasteiger partial charge is 0.493 e. The first-order valence-electron chi connectivity index (χ1n) is 6.66. The lowest BCUT2D eigenvalue weighted by molar-refractivity contribution is 0.354. The monoisotopic (exact) mass is 352 g/mol. The maximum absolute atomic E-state index is 13.0. The topological polar surface area (TPSA) is 18.5 Å². The van der Waals surface area contributed by atoms with Gasteiger partial charge in [0, 0.05) is 4.83 Å². The zero-order valence-corrected chi connectivity index (χ0v) is 13.9. The predicted octanol–water partition coefficient (Wildman–Crippen LogP) is 4.83. The molecule has 0 aliphatic heterocycles. The minimum absolute atomic E-state index is 0.128. The molecule has 0 radical (unpaired) electrons. The van der Waals surface area contributed by atoms with Gasteiger partial charge in [0.2, 0.25) is 0 Å². The minimum Gasteiger partial charge on any atom is -0.493 e. The highest BCUT2D eigenvalue weighted by Gasteiger charge is 2.15. The Morgan fingerprint density at radius 1 is 1.05 bits per heavy atom. The van der Waals surface area contributed by atoms with Crippen molar-refractivity contribution in [3.8, 4) is 11.5 Å². The van der Waals surface area contributed by atoms with Gasteiger partial charge >= 0.3 is 0 Å². The van der Waals surface area contributed by atoms with Crippen molar-refractivity contribution in [2.45, 2.75) is 18.2 Å². The molecule has 2 aromatic rings. The molecule has 1 unspecified atom stereocenters. The van der Waals surface area contributed by atoms with E-state index in [1.54, 1.807) is 26.4 Å². The molecule has 0 aliphatic rings. The molecule has 21 heavy (non-hydrogen) atoms. The minimum atomic E-state index is -0.216. The van der Waals surface area contributed by atoms with Gasteiger partial charge in [0.15, 0.2) is 11.5 Å². The number of ether oxygens (including phenoxy) is 2. The van der Waals surface area contributed by atoms with Crippen molar-refractivity contribution >= 4 is 15.9 Å². The zero-order valence-electron chi connectivity index (χ0n) is 12.3. The van der Waals surface area contributed by atoms with Crippen LogP contribution in [0, 0.1) is 12.7 Å². The van der Waals surface area contributed by atoms with Crippen molar-refractivity contribution in [3.05, 3.63) is 58.9 Å². The highest BCUT2D eigenvalue weighted by Crippen LogP contribution is 2.37. The van der Waals surface area contributed by atoms with E-state index < -0.39 is 0 Å². The lowest BCUT2D eigenvalue weighted by Gasteiger charge is -2.17. The van der Waals surface area contributed by atoms with Crippen molar-refractivity contribution in [1.82, 2.24) is 0 Å². The maximum Gasteiger partial charge on any atom is 0.161 e. The number of hydrogen-bond acceptors (Lipinski definition) is 2. The van der Waals surface area contributed by atoms with Crippen LogP contribution in [0.2, 0.25) is 0 Å². The van der Waals surface area contributed by atoms with Crippen LogP contribution in [0.15, 0.2) is 36.4 Å². The van der Waals surface area contributed by atoms with Crippen LogP contribution in [-0.2, 0) is 6.42 Å². The summed E-state index contributed by atoms with van der Waals surface area (Å²) in [5, 5.41) is 0. The number of methoxy groups -OCH3 is 2. The first kappa shape index (κ1) is 15.8. The molecule has 0 amide bonds. The lowest BCUT2D eigenvalue weighted by Crippen LogP contribution is -2.01. The molecule has 0 aliphatic carbocycles. The molecule has 112 valence electrons. The van der Waals surface area contributed by atoms with Crippen LogP contribution in [0.25, 0.3) is 0 Å². The van der Waals surface area contributed by atoms with Gasteiger partial charge in [-0.2, -0.15) is 0 Å². The molecule has 0 aromatic heterocycles. The number of alkyl halides is 1. The molecule has 0 heterocycles. The average Bonchev–Trinajstić information content (AvgIpc) is 2.49. The lowest BCUT2D eigenvalue weighted by atomic mass is 9.99. The van der Waals surface area contributed by atoms with Crippen molar-refractivity contribution in [2.75, 3.05) is 14.2 Å². The van der Waals surface area contributed by atoms with Crippen LogP contribution < -0.4 is 9.47 Å². The molecule has 2 rings (SSSR count). The van der Waals surface area contributed by atoms with Crippen molar-refractivity contribution in [1.29, 1.82) is 0 Å². The number of benzene rings is 2. The van der Waals surface area contributed by atoms with E-state index in [9.17, 15) is 4.39 Å². The fourth-order valence-electron chi connectivity index (χ4n) is 2.27. The normalized spacial score (nSPS) is 12.0. The van der Waals surface area contributed by atoms with Gasteiger partial charge in [0.1, 0.15) is 5.82 Å². The predicted molar refractivity (Wildman–Crippen MR) is 86.1 cm³/mol. The van der Waals surface area contributed by atoms with E-state index in [-0.39, 0.29) is 10.6 Å². The molecule has 0 saturated heterocycles. The fraction of sp³-hybridized carbons (Fsp3) is 0.294. The third kappa shape index (κ3) is 3.76. The van der Waals surface area contributed by atoms with Crippen LogP contribution in [-0.4, -0.2) is 14.2 Å². The summed E-state index contributed by atoms with van der Waals surface area (Å²) in [6.07, 6.45) is 0.774. The van der Waals surface area contributed by atoms with E-state index >= 15 is 0 Å². The van der Waals surface area contributed by atoms with Gasteiger partial charge < -0.3 is 9.47 Å². The summed E-state index contributed by atoms with van der Waals surface area (Å²) in [5.74, 6) is 1.22. The molecule has 0 N–H and O–H groups in total. The summed E-state index contributed by atoms with van der Waals surface area (Å²) in [6.45, 7) is 2.04. The smallest absolute Gasteiger partial charge is 0.161 e. The fourth-order valence-corrected chi connectivity index (χ4v) is 3.14. The van der Waals surface area contributed by atoms with Gasteiger partial charge in [0.25, 0.3) is 0 Å². The molecular formula is C17H18BrFO2. The van der Waals surface area contributed by atoms with Gasteiger partial charge in [-0.05, 0) is 54.3 Å². The maximum atomic E-state index is 13.0. The zero-order chi connectivity index (χ0) is 15.4. The highest BCUT2D eigenvalue weighted by molar-refractivity contribution is 9.09. The molecule has 0 fully saturated rings. The Bertz CT molecular complexity index is 611. The average molecular weight is 353 g/mol. The second kappa shape index (κ2) is 6.94. The summed E-state index contributed by atoms with van der Waals surface area (Å²) in [7, 11) is 3.25. The summed E-state index contributed by atoms with van der Waals surface area (Å²) in [4.78, 5) is 0.128. The third-order valence-corrected chi connectivity index (χ3v) is 4.25. The molecule has 0 bridgehead atoms. The second-order valence-electron chi connectivity index (χ2n) is 4.86. The van der Waals surface area contributed by atoms with E-state index in [0.717, 1.165) is 28.9 Å². The van der Waals surface area contributed by atoms with Gasteiger partial charge in [-0.15, -0.1) is 0 Å². The Kier molecular flexibility index (Phi) is 5.23. The highest BCUT2D eigenvalue weighted by atomic mass is 79.9. The van der Waals surface area contributed by atoms with E-state index in [0.29, 0.717) is 5.75 Å².